The van der Waals surface area contributed by atoms with Gasteiger partial charge in [0.25, 0.3) is 0 Å². The van der Waals surface area contributed by atoms with E-state index >= 15 is 0 Å². The molecule has 0 aliphatic carbocycles. The van der Waals surface area contributed by atoms with E-state index in [9.17, 15) is 19.8 Å². The molecule has 1 aromatic carbocycles. The van der Waals surface area contributed by atoms with Gasteiger partial charge in [-0.05, 0) is 37.0 Å². The number of aliphatic hydroxyl groups is 1. The highest BCUT2D eigenvalue weighted by Gasteiger charge is 2.57. The topological polar surface area (TPSA) is 112 Å². The van der Waals surface area contributed by atoms with Gasteiger partial charge >= 0.3 is 12.2 Å². The van der Waals surface area contributed by atoms with Gasteiger partial charge in [0.15, 0.2) is 0 Å². The molecule has 0 unspecified atom stereocenters. The number of aromatic nitrogens is 1. The molecule has 0 radical (unpaired) electrons. The number of nitrogens with one attached hydrogen (secondary N) is 1. The van der Waals surface area contributed by atoms with Crippen molar-refractivity contribution in [1.29, 1.82) is 0 Å². The average molecular weight is 456 g/mol. The van der Waals surface area contributed by atoms with Crippen molar-refractivity contribution < 1.29 is 24.5 Å². The first kappa shape index (κ1) is 24.5. The lowest BCUT2D eigenvalue weighted by atomic mass is 9.62. The molecule has 8 nitrogen and oxygen atoms in total. The third-order valence-corrected chi connectivity index (χ3v) is 6.21. The van der Waals surface area contributed by atoms with E-state index in [0.29, 0.717) is 22.6 Å². The Hall–Kier alpha value is -3.13. The van der Waals surface area contributed by atoms with Crippen LogP contribution in [-0.4, -0.2) is 51.4 Å². The van der Waals surface area contributed by atoms with Gasteiger partial charge in [0.05, 0.1) is 0 Å². The van der Waals surface area contributed by atoms with E-state index in [4.69, 9.17) is 4.74 Å². The second-order valence-electron chi connectivity index (χ2n) is 9.64. The Morgan fingerprint density at radius 1 is 1.15 bits per heavy atom. The maximum atomic E-state index is 12.2. The Bertz CT molecular complexity index is 999. The second kappa shape index (κ2) is 9.39. The second-order valence-corrected chi connectivity index (χ2v) is 9.64. The largest absolute Gasteiger partial charge is 0.465 e. The minimum atomic E-state index is -1.49. The van der Waals surface area contributed by atoms with Crippen LogP contribution in [0.25, 0.3) is 0 Å². The lowest BCUT2D eigenvalue weighted by Gasteiger charge is -2.55. The molecule has 1 saturated heterocycles. The summed E-state index contributed by atoms with van der Waals surface area (Å²) in [6, 6.07) is 9.47. The molecule has 178 valence electrons. The predicted octanol–water partition coefficient (Wildman–Crippen LogP) is 4.08. The molecular formula is C25H33N3O5. The molecule has 1 fully saturated rings. The molecule has 2 aromatic rings. The molecule has 0 saturated carbocycles. The quantitative estimate of drug-likeness (QED) is 0.580. The Morgan fingerprint density at radius 3 is 2.33 bits per heavy atom. The fourth-order valence-electron chi connectivity index (χ4n) is 4.32. The van der Waals surface area contributed by atoms with Crippen LogP contribution in [0.15, 0.2) is 42.7 Å². The van der Waals surface area contributed by atoms with Crippen LogP contribution in [0.3, 0.4) is 0 Å². The monoisotopic (exact) mass is 455 g/mol. The molecule has 0 bridgehead atoms. The number of amides is 2. The van der Waals surface area contributed by atoms with Crippen LogP contribution in [-0.2, 0) is 16.9 Å². The predicted molar refractivity (Wildman–Crippen MR) is 124 cm³/mol. The Kier molecular flexibility index (Phi) is 6.97. The SMILES string of the molecule is CC(C)NC(=O)OCc1cncc([C@@](O)(c2ccc(C(C)C)cc2)C2(C)CN(C(=O)O)C2)c1. The molecule has 1 atom stereocenters. The molecule has 1 aromatic heterocycles. The third-order valence-electron chi connectivity index (χ3n) is 6.21. The van der Waals surface area contributed by atoms with Gasteiger partial charge in [-0.25, -0.2) is 9.59 Å². The number of hydrogen-bond acceptors (Lipinski definition) is 5. The molecular weight excluding hydrogens is 422 g/mol. The van der Waals surface area contributed by atoms with Crippen molar-refractivity contribution in [3.05, 3.63) is 65.0 Å². The molecule has 3 rings (SSSR count). The summed E-state index contributed by atoms with van der Waals surface area (Å²) < 4.78 is 5.27. The Balaban J connectivity index is 1.96. The van der Waals surface area contributed by atoms with Crippen molar-refractivity contribution in [3.63, 3.8) is 0 Å². The average Bonchev–Trinajstić information content (AvgIpc) is 2.74. The zero-order valence-corrected chi connectivity index (χ0v) is 19.8. The van der Waals surface area contributed by atoms with E-state index in [0.717, 1.165) is 5.56 Å². The lowest BCUT2D eigenvalue weighted by molar-refractivity contribution is -0.124. The highest BCUT2D eigenvalue weighted by molar-refractivity contribution is 5.67. The number of carbonyl (C=O) groups is 2. The van der Waals surface area contributed by atoms with Crippen LogP contribution in [0, 0.1) is 5.41 Å². The Morgan fingerprint density at radius 2 is 1.79 bits per heavy atom. The smallest absolute Gasteiger partial charge is 0.407 e. The maximum Gasteiger partial charge on any atom is 0.407 e. The summed E-state index contributed by atoms with van der Waals surface area (Å²) >= 11 is 0. The van der Waals surface area contributed by atoms with Crippen LogP contribution in [0.2, 0.25) is 0 Å². The van der Waals surface area contributed by atoms with E-state index in [1.165, 1.54) is 4.90 Å². The number of likely N-dealkylation sites (tertiary alicyclic amines) is 1. The zero-order chi connectivity index (χ0) is 24.4. The minimum Gasteiger partial charge on any atom is -0.465 e. The van der Waals surface area contributed by atoms with Gasteiger partial charge in [0, 0.05) is 48.1 Å². The van der Waals surface area contributed by atoms with E-state index in [1.807, 2.05) is 45.0 Å². The van der Waals surface area contributed by atoms with Crippen molar-refractivity contribution in [1.82, 2.24) is 15.2 Å². The summed E-state index contributed by atoms with van der Waals surface area (Å²) in [5, 5.41) is 24.2. The summed E-state index contributed by atoms with van der Waals surface area (Å²) in [6.45, 7) is 10.1. The number of carbonyl (C=O) groups excluding carboxylic acids is 1. The normalized spacial score (nSPS) is 16.8. The summed E-state index contributed by atoms with van der Waals surface area (Å²) in [5.41, 5.74) is 0.707. The van der Waals surface area contributed by atoms with Gasteiger partial charge in [-0.3, -0.25) is 4.98 Å². The number of rotatable bonds is 7. The van der Waals surface area contributed by atoms with Gasteiger partial charge < -0.3 is 25.2 Å². The summed E-state index contributed by atoms with van der Waals surface area (Å²) in [6.07, 6.45) is 1.63. The number of nitrogens with zero attached hydrogens (tertiary/aromatic N) is 2. The standard InChI is InChI=1S/C25H33N3O5/c1-16(2)19-6-8-20(9-7-19)25(32,24(5)14-28(15-24)23(30)31)21-10-18(11-26-12-21)13-33-22(29)27-17(3)4/h6-12,16-17,32H,13-15H2,1-5H3,(H,27,29)(H,30,31)/t25-/m0/s1. The van der Waals surface area contributed by atoms with E-state index in [-0.39, 0.29) is 25.7 Å². The van der Waals surface area contributed by atoms with Crippen LogP contribution >= 0.6 is 0 Å². The first-order valence-corrected chi connectivity index (χ1v) is 11.1. The fourth-order valence-corrected chi connectivity index (χ4v) is 4.32. The van der Waals surface area contributed by atoms with Crippen LogP contribution < -0.4 is 5.32 Å². The van der Waals surface area contributed by atoms with Gasteiger partial charge in [0.1, 0.15) is 12.2 Å². The van der Waals surface area contributed by atoms with E-state index < -0.39 is 23.2 Å². The first-order valence-electron chi connectivity index (χ1n) is 11.1. The summed E-state index contributed by atoms with van der Waals surface area (Å²) in [4.78, 5) is 28.9. The lowest BCUT2D eigenvalue weighted by Crippen LogP contribution is -2.66. The van der Waals surface area contributed by atoms with Crippen molar-refractivity contribution in [2.75, 3.05) is 13.1 Å². The van der Waals surface area contributed by atoms with Crippen LogP contribution in [0.1, 0.15) is 62.8 Å². The number of pyridine rings is 1. The third kappa shape index (κ3) is 4.95. The van der Waals surface area contributed by atoms with Crippen molar-refractivity contribution in [3.8, 4) is 0 Å². The molecule has 0 spiro atoms. The van der Waals surface area contributed by atoms with Gasteiger partial charge in [-0.2, -0.15) is 0 Å². The van der Waals surface area contributed by atoms with E-state index in [2.05, 4.69) is 24.1 Å². The van der Waals surface area contributed by atoms with Gasteiger partial charge in [0.2, 0.25) is 0 Å². The molecule has 2 heterocycles. The van der Waals surface area contributed by atoms with E-state index in [1.54, 1.807) is 18.5 Å². The van der Waals surface area contributed by atoms with Gasteiger partial charge in [-0.15, -0.1) is 0 Å². The summed E-state index contributed by atoms with van der Waals surface area (Å²) in [5.74, 6) is 0.341. The molecule has 1 aliphatic heterocycles. The molecule has 3 N–H and O–H groups in total. The number of hydrogen-bond donors (Lipinski definition) is 3. The van der Waals surface area contributed by atoms with Crippen molar-refractivity contribution in [2.24, 2.45) is 5.41 Å². The highest BCUT2D eigenvalue weighted by Crippen LogP contribution is 2.50. The minimum absolute atomic E-state index is 0.000272. The Labute approximate surface area is 194 Å². The fraction of sp³-hybridized carbons (Fsp3) is 0.480. The number of benzene rings is 1. The van der Waals surface area contributed by atoms with Crippen molar-refractivity contribution >= 4 is 12.2 Å². The molecule has 2 amide bonds. The number of ether oxygens (including phenoxy) is 1. The zero-order valence-electron chi connectivity index (χ0n) is 19.8. The van der Waals surface area contributed by atoms with Crippen molar-refractivity contribution in [2.45, 2.75) is 58.8 Å². The van der Waals surface area contributed by atoms with Crippen LogP contribution in [0.5, 0.6) is 0 Å². The molecule has 1 aliphatic rings. The highest BCUT2D eigenvalue weighted by atomic mass is 16.5. The molecule has 8 heteroatoms. The molecule has 33 heavy (non-hydrogen) atoms. The first-order chi connectivity index (χ1) is 15.5. The number of alkyl carbamates (subject to hydrolysis) is 1. The number of carboxylic acid groups (broad SMARTS) is 1. The van der Waals surface area contributed by atoms with Gasteiger partial charge in [-0.1, -0.05) is 45.0 Å². The maximum absolute atomic E-state index is 12.2. The van der Waals surface area contributed by atoms with Crippen LogP contribution in [0.4, 0.5) is 9.59 Å². The summed E-state index contributed by atoms with van der Waals surface area (Å²) in [7, 11) is 0.